The van der Waals surface area contributed by atoms with E-state index in [2.05, 4.69) is 305 Å². The van der Waals surface area contributed by atoms with Crippen LogP contribution in [-0.2, 0) is 0 Å². The molecule has 21 rings (SSSR count). The summed E-state index contributed by atoms with van der Waals surface area (Å²) in [5.74, 6) is -10.2. The maximum Gasteiger partial charge on any atom is 0.200 e. The Morgan fingerprint density at radius 3 is 0.948 bits per heavy atom. The molecule has 0 unspecified atom stereocenters. The molecule has 0 saturated carbocycles. The summed E-state index contributed by atoms with van der Waals surface area (Å²) in [6.07, 6.45) is 0. The van der Waals surface area contributed by atoms with Gasteiger partial charge in [-0.25, -0.2) is 26.3 Å². The summed E-state index contributed by atoms with van der Waals surface area (Å²) >= 11 is 0. The van der Waals surface area contributed by atoms with Crippen LogP contribution in [0.15, 0.2) is 400 Å². The van der Waals surface area contributed by atoms with Crippen molar-refractivity contribution >= 4 is 121 Å². The van der Waals surface area contributed by atoms with Crippen LogP contribution in [0.3, 0.4) is 0 Å². The van der Waals surface area contributed by atoms with E-state index in [0.29, 0.717) is 5.69 Å². The summed E-state index contributed by atoms with van der Waals surface area (Å²) in [6, 6.07) is 136. The minimum atomic E-state index is -2.19. The highest BCUT2D eigenvalue weighted by molar-refractivity contribution is 6.26. The van der Waals surface area contributed by atoms with Crippen LogP contribution in [0.1, 0.15) is 0 Å². The number of anilines is 6. The minimum Gasteiger partial charge on any atom is -0.311 e. The molecule has 2 heterocycles. The Hall–Kier alpha value is -15.0. The van der Waals surface area contributed by atoms with Crippen LogP contribution in [0.4, 0.5) is 60.5 Å². The van der Waals surface area contributed by atoms with E-state index in [0.717, 1.165) is 122 Å². The molecule has 0 saturated heterocycles. The monoisotopic (exact) mass is 1510 g/mol. The van der Waals surface area contributed by atoms with E-state index >= 15 is 0 Å². The Balaban J connectivity index is 0.000000150. The quantitative estimate of drug-likeness (QED) is 0.0495. The molecule has 0 N–H and O–H groups in total. The first kappa shape index (κ1) is 70.1. The molecule has 4 nitrogen and oxygen atoms in total. The second-order valence-electron chi connectivity index (χ2n) is 29.0. The Labute approximate surface area is 664 Å². The number of nitrogens with zero attached hydrogens (tertiary/aromatic N) is 4. The molecule has 21 aromatic rings. The van der Waals surface area contributed by atoms with E-state index in [1.54, 1.807) is 12.1 Å². The van der Waals surface area contributed by atoms with Crippen molar-refractivity contribution in [2.45, 2.75) is 0 Å². The molecule has 0 atom stereocenters. The van der Waals surface area contributed by atoms with E-state index < -0.39 is 34.6 Å². The van der Waals surface area contributed by atoms with Gasteiger partial charge in [-0.3, -0.25) is 0 Å². The number of fused-ring (bicyclic) bond motifs is 13. The van der Waals surface area contributed by atoms with E-state index in [1.807, 2.05) is 77.7 Å². The van der Waals surface area contributed by atoms with E-state index in [-0.39, 0.29) is 11.4 Å². The zero-order chi connectivity index (χ0) is 78.1. The second-order valence-corrected chi connectivity index (χ2v) is 29.0. The van der Waals surface area contributed by atoms with Crippen molar-refractivity contribution in [2.75, 3.05) is 9.80 Å². The molecule has 0 aliphatic rings. The van der Waals surface area contributed by atoms with E-state index in [9.17, 15) is 26.3 Å². The molecule has 0 spiro atoms. The predicted molar refractivity (Wildman–Crippen MR) is 468 cm³/mol. The van der Waals surface area contributed by atoms with Gasteiger partial charge in [0.25, 0.3) is 0 Å². The summed E-state index contributed by atoms with van der Waals surface area (Å²) in [6.45, 7) is 0. The lowest BCUT2D eigenvalue weighted by Gasteiger charge is -2.27. The summed E-state index contributed by atoms with van der Waals surface area (Å²) in [4.78, 5) is 4.31. The largest absolute Gasteiger partial charge is 0.311 e. The van der Waals surface area contributed by atoms with Crippen molar-refractivity contribution < 1.29 is 26.3 Å². The average Bonchev–Trinajstić information content (AvgIpc) is 1.43. The number of benzene rings is 19. The Morgan fingerprint density at radius 2 is 0.491 bits per heavy atom. The SMILES string of the molecule is Fc1c(F)c(F)c(-c2ccc(N(c3ccc(-c4ccc5c(c4)c4ccccc4n5-c4ccccc4)cc3)c3ccc4c5ccccc5c5ccccc5c4c3)cc2)c(F)c1F.Fc1ccc(-c2ccc(N(c3ccc(-c4ccc5c(c4)c4ccccc4n5-c4ccccc4)cc3)c3ccc(-c4cccc5ccccc45)cc3)cc2)cc1. The number of hydrogen-bond donors (Lipinski definition) is 0. The Morgan fingerprint density at radius 1 is 0.181 bits per heavy atom. The van der Waals surface area contributed by atoms with E-state index in [4.69, 9.17) is 0 Å². The highest BCUT2D eigenvalue weighted by Gasteiger charge is 2.28. The predicted octanol–water partition coefficient (Wildman–Crippen LogP) is 30.3. The molecule has 552 valence electrons. The molecule has 2 aromatic heterocycles. The molecule has 0 bridgehead atoms. The van der Waals surface area contributed by atoms with Crippen LogP contribution in [0.25, 0.3) is 154 Å². The zero-order valence-corrected chi connectivity index (χ0v) is 62.2. The second kappa shape index (κ2) is 29.3. The molecule has 0 fully saturated rings. The van der Waals surface area contributed by atoms with Gasteiger partial charge in [-0.2, -0.15) is 0 Å². The number of para-hydroxylation sites is 4. The maximum absolute atomic E-state index is 15.0. The van der Waals surface area contributed by atoms with Crippen LogP contribution >= 0.6 is 0 Å². The van der Waals surface area contributed by atoms with Gasteiger partial charge in [0.05, 0.1) is 27.6 Å². The van der Waals surface area contributed by atoms with Crippen molar-refractivity contribution in [3.8, 4) is 67.0 Å². The molecule has 19 aromatic carbocycles. The van der Waals surface area contributed by atoms with Crippen LogP contribution in [-0.4, -0.2) is 9.13 Å². The maximum atomic E-state index is 15.0. The molecule has 0 radical (unpaired) electrons. The topological polar surface area (TPSA) is 16.3 Å². The van der Waals surface area contributed by atoms with Gasteiger partial charge < -0.3 is 18.9 Å². The molecule has 0 amide bonds. The number of halogens is 6. The molecule has 10 heteroatoms. The fraction of sp³-hybridized carbons (Fsp3) is 0. The van der Waals surface area contributed by atoms with E-state index in [1.165, 1.54) is 73.5 Å². The lowest BCUT2D eigenvalue weighted by Crippen LogP contribution is -2.10. The van der Waals surface area contributed by atoms with Gasteiger partial charge in [-0.05, 0) is 239 Å². The van der Waals surface area contributed by atoms with Gasteiger partial charge in [0.2, 0.25) is 5.82 Å². The van der Waals surface area contributed by atoms with Crippen molar-refractivity contribution in [1.29, 1.82) is 0 Å². The average molecular weight is 1510 g/mol. The first-order chi connectivity index (χ1) is 57.0. The summed E-state index contributed by atoms with van der Waals surface area (Å²) in [5.41, 5.74) is 19.8. The van der Waals surface area contributed by atoms with Crippen molar-refractivity contribution in [2.24, 2.45) is 0 Å². The molecular formula is C106H66F6N4. The Bertz CT molecular complexity index is 7280. The van der Waals surface area contributed by atoms with Gasteiger partial charge in [0, 0.05) is 67.0 Å². The highest BCUT2D eigenvalue weighted by Crippen LogP contribution is 2.46. The van der Waals surface area contributed by atoms with Gasteiger partial charge in [-0.15, -0.1) is 0 Å². The molecule has 116 heavy (non-hydrogen) atoms. The third-order valence-electron chi connectivity index (χ3n) is 22.4. The van der Waals surface area contributed by atoms with Gasteiger partial charge >= 0.3 is 0 Å². The standard InChI is InChI=1S/C54H31F5N2.C52H35FN2/c55-50-49(51(56)53(58)54(59)52(50)57)33-20-25-37(26-21-33)60(38-27-28-43-41-14-5-4-12-39(41)40-13-6-7-15-42(40)45(43)31-38)36-23-18-32(19-24-36)34-22-29-48-46(30-34)44-16-8-9-17-47(44)61(48)35-10-2-1-3-11-35;53-42-26-17-36(18-27-42)37-19-28-44(29-20-37)54(46-32-23-40(24-33-46)48-15-8-10-39-9-4-5-13-47(39)48)45-30-21-38(22-31-45)41-25-34-52-50(35-41)49-14-6-7-16-51(49)55(52)43-11-2-1-3-12-43/h1-31H;1-35H. The fourth-order valence-electron chi connectivity index (χ4n) is 16.9. The fourth-order valence-corrected chi connectivity index (χ4v) is 16.9. The first-order valence-corrected chi connectivity index (χ1v) is 38.4. The summed E-state index contributed by atoms with van der Waals surface area (Å²) in [5, 5.41) is 13.8. The summed E-state index contributed by atoms with van der Waals surface area (Å²) in [7, 11) is 0. The molecule has 0 aliphatic carbocycles. The zero-order valence-electron chi connectivity index (χ0n) is 62.2. The Kier molecular flexibility index (Phi) is 17.7. The number of rotatable bonds is 13. The number of hydrogen-bond acceptors (Lipinski definition) is 2. The molecule has 0 aliphatic heterocycles. The first-order valence-electron chi connectivity index (χ1n) is 38.4. The highest BCUT2D eigenvalue weighted by atomic mass is 19.2. The minimum absolute atomic E-state index is 0.146. The van der Waals surface area contributed by atoms with Gasteiger partial charge in [-0.1, -0.05) is 255 Å². The van der Waals surface area contributed by atoms with Crippen LogP contribution in [0.5, 0.6) is 0 Å². The number of aromatic nitrogens is 2. The summed E-state index contributed by atoms with van der Waals surface area (Å²) < 4.78 is 90.7. The van der Waals surface area contributed by atoms with Crippen LogP contribution < -0.4 is 9.80 Å². The lowest BCUT2D eigenvalue weighted by molar-refractivity contribution is 0.381. The molecular weight excluding hydrogens is 1440 g/mol. The van der Waals surface area contributed by atoms with Gasteiger partial charge in [0.15, 0.2) is 23.3 Å². The van der Waals surface area contributed by atoms with Gasteiger partial charge in [0.1, 0.15) is 5.82 Å². The van der Waals surface area contributed by atoms with Crippen molar-refractivity contribution in [1.82, 2.24) is 9.13 Å². The smallest absolute Gasteiger partial charge is 0.200 e. The van der Waals surface area contributed by atoms with Crippen LogP contribution in [0.2, 0.25) is 0 Å². The lowest BCUT2D eigenvalue weighted by atomic mass is 9.94. The third kappa shape index (κ3) is 12.4. The third-order valence-corrected chi connectivity index (χ3v) is 22.4. The van der Waals surface area contributed by atoms with Crippen molar-refractivity contribution in [3.05, 3.63) is 435 Å². The normalized spacial score (nSPS) is 11.5. The van der Waals surface area contributed by atoms with Crippen molar-refractivity contribution in [3.63, 3.8) is 0 Å². The van der Waals surface area contributed by atoms with Crippen LogP contribution in [0, 0.1) is 34.9 Å².